The van der Waals surface area contributed by atoms with Crippen LogP contribution in [-0.2, 0) is 60.2 Å². The highest BCUT2D eigenvalue weighted by molar-refractivity contribution is 7.89. The van der Waals surface area contributed by atoms with Crippen LogP contribution in [0, 0.1) is 13.8 Å². The third-order valence-electron chi connectivity index (χ3n) is 9.52. The van der Waals surface area contributed by atoms with Gasteiger partial charge in [0.1, 0.15) is 17.3 Å². The van der Waals surface area contributed by atoms with Crippen LogP contribution < -0.4 is 11.1 Å². The minimum Gasteiger partial charge on any atom is -0.461 e. The Morgan fingerprint density at radius 3 is 1.40 bits per heavy atom. The number of hydrogen-bond acceptors (Lipinski definition) is 13. The van der Waals surface area contributed by atoms with Gasteiger partial charge in [0.15, 0.2) is 11.4 Å². The van der Waals surface area contributed by atoms with E-state index in [1.165, 1.54) is 74.0 Å². The number of carbonyl (C=O) groups is 3. The number of ether oxygens (including phenoxy) is 3. The highest BCUT2D eigenvalue weighted by atomic mass is 35.5. The van der Waals surface area contributed by atoms with Gasteiger partial charge in [0.05, 0.1) is 47.5 Å². The number of alkyl carbamates (subject to hydrolysis) is 1. The summed E-state index contributed by atoms with van der Waals surface area (Å²) in [6, 6.07) is 12.7. The van der Waals surface area contributed by atoms with Crippen LogP contribution >= 0.6 is 12.4 Å². The Morgan fingerprint density at radius 1 is 0.706 bits per heavy atom. The predicted molar refractivity (Wildman–Crippen MR) is 255 cm³/mol. The van der Waals surface area contributed by atoms with Crippen molar-refractivity contribution in [2.75, 3.05) is 54.5 Å². The molecular weight excluding hydrogens is 950 g/mol. The molecule has 0 bridgehead atoms. The quantitative estimate of drug-likeness (QED) is 0.0809. The van der Waals surface area contributed by atoms with E-state index in [9.17, 15) is 40.0 Å². The van der Waals surface area contributed by atoms with Gasteiger partial charge in [-0.25, -0.2) is 48.6 Å². The molecule has 0 aliphatic rings. The number of aromatic nitrogens is 4. The SMILES string of the molecule is CCOC(=O)c1c(Cc2ccc(S(=O)(=O)N(C)C)cc2)c(C)nn1C/C(F)=C/CN.CCOC(=O)c1c(Cc2ccc(S(=O)(=O)N(C)C)cc2)c(C)nn1C/C(F)=C/CNC(=O)OC(C)(C)C.Cl. The Kier molecular flexibility index (Phi) is 22.2. The molecule has 3 N–H and O–H groups in total. The van der Waals surface area contributed by atoms with Gasteiger partial charge < -0.3 is 25.3 Å². The molecule has 4 aromatic rings. The van der Waals surface area contributed by atoms with E-state index in [2.05, 4.69) is 15.5 Å². The molecule has 0 radical (unpaired) electrons. The van der Waals surface area contributed by atoms with E-state index in [-0.39, 0.29) is 79.4 Å². The summed E-state index contributed by atoms with van der Waals surface area (Å²) in [5.41, 5.74) is 8.66. The Morgan fingerprint density at radius 2 is 1.07 bits per heavy atom. The number of carbonyl (C=O) groups excluding carboxylic acids is 3. The zero-order chi connectivity index (χ0) is 50.4. The molecule has 23 heteroatoms. The topological polar surface area (TPSA) is 227 Å². The number of esters is 2. The lowest BCUT2D eigenvalue weighted by Gasteiger charge is -2.19. The van der Waals surface area contributed by atoms with E-state index in [0.717, 1.165) is 19.7 Å². The van der Waals surface area contributed by atoms with Crippen LogP contribution in [0.3, 0.4) is 0 Å². The Labute approximate surface area is 404 Å². The van der Waals surface area contributed by atoms with E-state index < -0.39 is 55.3 Å². The van der Waals surface area contributed by atoms with Crippen LogP contribution in [0.1, 0.15) is 89.2 Å². The first-order chi connectivity index (χ1) is 31.3. The number of nitrogens with zero attached hydrogens (tertiary/aromatic N) is 6. The minimum atomic E-state index is -3.57. The van der Waals surface area contributed by atoms with Crippen LogP contribution in [-0.4, -0.2) is 123 Å². The summed E-state index contributed by atoms with van der Waals surface area (Å²) in [6.07, 6.45) is 2.28. The average Bonchev–Trinajstić information content (AvgIpc) is 3.70. The number of rotatable bonds is 19. The van der Waals surface area contributed by atoms with Gasteiger partial charge in [-0.15, -0.1) is 12.4 Å². The molecule has 0 saturated carbocycles. The van der Waals surface area contributed by atoms with Crippen molar-refractivity contribution in [2.24, 2.45) is 5.73 Å². The molecule has 68 heavy (non-hydrogen) atoms. The summed E-state index contributed by atoms with van der Waals surface area (Å²) >= 11 is 0. The fraction of sp³-hybridized carbons (Fsp3) is 0.444. The zero-order valence-corrected chi connectivity index (χ0v) is 42.7. The number of nitrogens with two attached hydrogens (primary N) is 1. The summed E-state index contributed by atoms with van der Waals surface area (Å²) < 4.78 is 98.0. The molecule has 0 saturated heterocycles. The maximum atomic E-state index is 14.7. The standard InChI is InChI=1S/C25H35FN4O6S.C20H27FN4O4S.ClH/c1-8-35-23(31)22-21(15-18-9-11-20(12-10-18)37(33,34)29(6)7)17(2)28-30(22)16-19(26)13-14-27-24(32)36-25(3,4)5;1-5-29-20(26)19-18(14(2)23-25(19)13-16(21)10-11-22)12-15-6-8-17(9-7-15)30(27,28)24(3)4;/h9-13H,8,14-16H2,1-7H3,(H,27,32);6-10H,5,11-13,22H2,1-4H3;1H/b19-13-;16-10-;. The number of aryl methyl sites for hydroxylation is 2. The normalized spacial score (nSPS) is 12.3. The molecule has 18 nitrogen and oxygen atoms in total. The van der Waals surface area contributed by atoms with Crippen molar-refractivity contribution in [3.63, 3.8) is 0 Å². The van der Waals surface area contributed by atoms with Gasteiger partial charge >= 0.3 is 18.0 Å². The zero-order valence-electron chi connectivity index (χ0n) is 40.3. The van der Waals surface area contributed by atoms with Crippen molar-refractivity contribution >= 4 is 50.5 Å². The van der Waals surface area contributed by atoms with Gasteiger partial charge in [-0.1, -0.05) is 24.3 Å². The van der Waals surface area contributed by atoms with Crippen LogP contribution in [0.2, 0.25) is 0 Å². The maximum Gasteiger partial charge on any atom is 0.407 e. The van der Waals surface area contributed by atoms with Gasteiger partial charge in [0.25, 0.3) is 0 Å². The molecule has 0 spiro atoms. The molecule has 376 valence electrons. The number of halogens is 3. The maximum absolute atomic E-state index is 14.7. The minimum absolute atomic E-state index is 0. The summed E-state index contributed by atoms with van der Waals surface area (Å²) in [7, 11) is -1.28. The summed E-state index contributed by atoms with van der Waals surface area (Å²) in [5.74, 6) is -2.37. The van der Waals surface area contributed by atoms with Crippen molar-refractivity contribution in [2.45, 2.75) is 89.8 Å². The molecule has 0 aliphatic heterocycles. The van der Waals surface area contributed by atoms with Crippen molar-refractivity contribution in [3.8, 4) is 0 Å². The number of benzene rings is 2. The van der Waals surface area contributed by atoms with Crippen LogP contribution in [0.15, 0.2) is 82.1 Å². The number of allylic oxidation sites excluding steroid dienone is 2. The average molecular weight is 1010 g/mol. The number of sulfonamides is 2. The fourth-order valence-electron chi connectivity index (χ4n) is 6.24. The molecule has 2 aromatic carbocycles. The number of amides is 1. The Hall–Kier alpha value is -5.52. The van der Waals surface area contributed by atoms with Crippen molar-refractivity contribution in [3.05, 3.63) is 117 Å². The van der Waals surface area contributed by atoms with Crippen LogP contribution in [0.4, 0.5) is 13.6 Å². The lowest BCUT2D eigenvalue weighted by molar-refractivity contribution is 0.0501. The summed E-state index contributed by atoms with van der Waals surface area (Å²) in [4.78, 5) is 37.4. The van der Waals surface area contributed by atoms with Gasteiger partial charge in [0.2, 0.25) is 20.0 Å². The lowest BCUT2D eigenvalue weighted by Crippen LogP contribution is -2.32. The first-order valence-electron chi connectivity index (χ1n) is 21.1. The third kappa shape index (κ3) is 16.3. The smallest absolute Gasteiger partial charge is 0.407 e. The molecule has 0 fully saturated rings. The molecule has 0 unspecified atom stereocenters. The van der Waals surface area contributed by atoms with Crippen LogP contribution in [0.25, 0.3) is 0 Å². The van der Waals surface area contributed by atoms with Gasteiger partial charge in [-0.05, 0) is 96.0 Å². The van der Waals surface area contributed by atoms with E-state index in [0.29, 0.717) is 28.9 Å². The van der Waals surface area contributed by atoms with Crippen LogP contribution in [0.5, 0.6) is 0 Å². The first-order valence-corrected chi connectivity index (χ1v) is 24.0. The lowest BCUT2D eigenvalue weighted by atomic mass is 10.0. The second kappa shape index (κ2) is 25.7. The van der Waals surface area contributed by atoms with Gasteiger partial charge in [-0.2, -0.15) is 10.2 Å². The first kappa shape index (κ1) is 58.6. The molecule has 2 aromatic heterocycles. The molecule has 0 aliphatic carbocycles. The highest BCUT2D eigenvalue weighted by Crippen LogP contribution is 2.25. The monoisotopic (exact) mass is 1010 g/mol. The fourth-order valence-corrected chi connectivity index (χ4v) is 8.04. The van der Waals surface area contributed by atoms with E-state index in [1.807, 2.05) is 0 Å². The molecule has 0 atom stereocenters. The van der Waals surface area contributed by atoms with E-state index in [4.69, 9.17) is 19.9 Å². The van der Waals surface area contributed by atoms with Crippen molar-refractivity contribution in [1.82, 2.24) is 33.5 Å². The van der Waals surface area contributed by atoms with E-state index in [1.54, 1.807) is 72.7 Å². The molecule has 2 heterocycles. The Balaban J connectivity index is 0.000000470. The highest BCUT2D eigenvalue weighted by Gasteiger charge is 2.26. The summed E-state index contributed by atoms with van der Waals surface area (Å²) in [6.45, 7) is 11.6. The summed E-state index contributed by atoms with van der Waals surface area (Å²) in [5, 5.41) is 11.1. The predicted octanol–water partition coefficient (Wildman–Crippen LogP) is 6.03. The molecule has 1 amide bonds. The molecular formula is C45H63ClF2N8O10S2. The largest absolute Gasteiger partial charge is 0.461 e. The van der Waals surface area contributed by atoms with Crippen molar-refractivity contribution in [1.29, 1.82) is 0 Å². The number of hydrogen-bond donors (Lipinski definition) is 2. The second-order valence-electron chi connectivity index (χ2n) is 16.2. The molecule has 4 rings (SSSR count). The van der Waals surface area contributed by atoms with E-state index >= 15 is 0 Å². The Bertz CT molecular complexity index is 2640. The van der Waals surface area contributed by atoms with Gasteiger partial charge in [-0.3, -0.25) is 9.36 Å². The van der Waals surface area contributed by atoms with Gasteiger partial charge in [0, 0.05) is 65.2 Å². The van der Waals surface area contributed by atoms with Crippen molar-refractivity contribution < 1.29 is 54.2 Å². The number of nitrogens with one attached hydrogen (secondary N) is 1. The third-order valence-corrected chi connectivity index (χ3v) is 13.2. The second-order valence-corrected chi connectivity index (χ2v) is 20.5.